The molecule has 0 radical (unpaired) electrons. The van der Waals surface area contributed by atoms with Gasteiger partial charge in [0.1, 0.15) is 31.7 Å². The molecule has 2 heterocycles. The Morgan fingerprint density at radius 2 is 2.19 bits per heavy atom. The van der Waals surface area contributed by atoms with Gasteiger partial charge in [0, 0.05) is 5.56 Å². The molecule has 16 heavy (non-hydrogen) atoms. The van der Waals surface area contributed by atoms with Crippen LogP contribution in [-0.2, 0) is 6.54 Å². The van der Waals surface area contributed by atoms with E-state index in [0.717, 1.165) is 18.6 Å². The van der Waals surface area contributed by atoms with Crippen LogP contribution in [0.2, 0.25) is 10.0 Å². The lowest BCUT2D eigenvalue weighted by atomic mass is 10.2. The van der Waals surface area contributed by atoms with Gasteiger partial charge in [-0.2, -0.15) is 0 Å². The molecular weight excluding hydrogens is 243 g/mol. The molecule has 2 nitrogen and oxygen atoms in total. The SMILES string of the molecule is Clc1ccc(C[NH+]2C[C@H]3C[C@@H]2C[NH2+]3)cc1Cl. The van der Waals surface area contributed by atoms with Crippen LogP contribution in [0.4, 0.5) is 0 Å². The van der Waals surface area contributed by atoms with E-state index in [0.29, 0.717) is 10.0 Å². The summed E-state index contributed by atoms with van der Waals surface area (Å²) in [6.45, 7) is 3.68. The highest BCUT2D eigenvalue weighted by atomic mass is 35.5. The molecule has 0 spiro atoms. The Kier molecular flexibility index (Phi) is 2.84. The van der Waals surface area contributed by atoms with Crippen molar-refractivity contribution in [2.24, 2.45) is 0 Å². The van der Waals surface area contributed by atoms with Gasteiger partial charge in [0.25, 0.3) is 0 Å². The van der Waals surface area contributed by atoms with Gasteiger partial charge < -0.3 is 10.2 Å². The van der Waals surface area contributed by atoms with Gasteiger partial charge in [-0.3, -0.25) is 0 Å². The molecule has 3 N–H and O–H groups in total. The molecule has 2 aliphatic heterocycles. The second-order valence-electron chi connectivity index (χ2n) is 4.95. The first-order chi connectivity index (χ1) is 7.72. The summed E-state index contributed by atoms with van der Waals surface area (Å²) in [5, 5.41) is 3.81. The molecule has 1 aromatic rings. The monoisotopic (exact) mass is 258 g/mol. The number of benzene rings is 1. The topological polar surface area (TPSA) is 21.1 Å². The standard InChI is InChI=1S/C12H14Cl2N2/c13-11-2-1-8(3-12(11)14)6-16-7-9-4-10(16)5-15-9/h1-3,9-10,15H,4-7H2/p+2/t9-,10-/m1/s1. The molecule has 1 aromatic carbocycles. The van der Waals surface area contributed by atoms with Crippen molar-refractivity contribution in [1.82, 2.24) is 0 Å². The maximum Gasteiger partial charge on any atom is 0.143 e. The van der Waals surface area contributed by atoms with Crippen LogP contribution in [0, 0.1) is 0 Å². The summed E-state index contributed by atoms with van der Waals surface area (Å²) in [6, 6.07) is 7.71. The van der Waals surface area contributed by atoms with E-state index in [4.69, 9.17) is 23.2 Å². The van der Waals surface area contributed by atoms with Crippen molar-refractivity contribution >= 4 is 23.2 Å². The highest BCUT2D eigenvalue weighted by Crippen LogP contribution is 2.22. The van der Waals surface area contributed by atoms with E-state index in [9.17, 15) is 0 Å². The minimum Gasteiger partial charge on any atom is -0.334 e. The van der Waals surface area contributed by atoms with Crippen molar-refractivity contribution < 1.29 is 10.2 Å². The predicted octanol–water partition coefficient (Wildman–Crippen LogP) is 0.0962. The predicted molar refractivity (Wildman–Crippen MR) is 65.0 cm³/mol. The molecule has 4 heteroatoms. The third kappa shape index (κ3) is 1.95. The zero-order valence-electron chi connectivity index (χ0n) is 9.05. The maximum atomic E-state index is 6.03. The summed E-state index contributed by atoms with van der Waals surface area (Å²) < 4.78 is 0. The molecule has 3 atom stereocenters. The van der Waals surface area contributed by atoms with Crippen LogP contribution < -0.4 is 10.2 Å². The number of halogens is 2. The number of likely N-dealkylation sites (tertiary alicyclic amines) is 1. The van der Waals surface area contributed by atoms with Crippen LogP contribution in [0.1, 0.15) is 12.0 Å². The van der Waals surface area contributed by atoms with E-state index in [1.54, 1.807) is 4.90 Å². The summed E-state index contributed by atoms with van der Waals surface area (Å²) in [6.07, 6.45) is 1.39. The van der Waals surface area contributed by atoms with Crippen molar-refractivity contribution in [1.29, 1.82) is 0 Å². The lowest BCUT2D eigenvalue weighted by Crippen LogP contribution is -3.19. The van der Waals surface area contributed by atoms with Crippen LogP contribution in [0.3, 0.4) is 0 Å². The van der Waals surface area contributed by atoms with Crippen molar-refractivity contribution in [3.05, 3.63) is 33.8 Å². The highest BCUT2D eigenvalue weighted by molar-refractivity contribution is 6.41. The van der Waals surface area contributed by atoms with Crippen molar-refractivity contribution in [2.45, 2.75) is 25.0 Å². The smallest absolute Gasteiger partial charge is 0.143 e. The first-order valence-corrected chi connectivity index (χ1v) is 6.60. The van der Waals surface area contributed by atoms with Gasteiger partial charge in [-0.15, -0.1) is 0 Å². The molecule has 0 saturated carbocycles. The average molecular weight is 259 g/mol. The number of nitrogens with two attached hydrogens (primary N) is 1. The van der Waals surface area contributed by atoms with E-state index < -0.39 is 0 Å². The molecular formula is C12H16Cl2N2+2. The molecule has 0 aliphatic carbocycles. The van der Waals surface area contributed by atoms with Crippen molar-refractivity contribution in [2.75, 3.05) is 13.1 Å². The van der Waals surface area contributed by atoms with Crippen LogP contribution in [0.25, 0.3) is 0 Å². The Hall–Kier alpha value is -0.280. The quantitative estimate of drug-likeness (QED) is 0.751. The molecule has 0 amide bonds. The molecule has 0 aromatic heterocycles. The maximum absolute atomic E-state index is 6.03. The largest absolute Gasteiger partial charge is 0.334 e. The third-order valence-corrected chi connectivity index (χ3v) is 4.60. The Morgan fingerprint density at radius 1 is 1.31 bits per heavy atom. The highest BCUT2D eigenvalue weighted by Gasteiger charge is 2.45. The Labute approximate surface area is 106 Å². The molecule has 3 rings (SSSR count). The number of hydrogen-bond acceptors (Lipinski definition) is 0. The van der Waals surface area contributed by atoms with E-state index >= 15 is 0 Å². The summed E-state index contributed by atoms with van der Waals surface area (Å²) >= 11 is 11.9. The Bertz CT molecular complexity index is 408. The summed E-state index contributed by atoms with van der Waals surface area (Å²) in [5.41, 5.74) is 1.30. The van der Waals surface area contributed by atoms with Gasteiger partial charge in [0.15, 0.2) is 0 Å². The molecule has 2 bridgehead atoms. The van der Waals surface area contributed by atoms with Gasteiger partial charge in [-0.25, -0.2) is 0 Å². The van der Waals surface area contributed by atoms with Crippen LogP contribution in [-0.4, -0.2) is 25.2 Å². The molecule has 2 aliphatic rings. The lowest BCUT2D eigenvalue weighted by Gasteiger charge is -2.22. The zero-order chi connectivity index (χ0) is 11.1. The molecule has 1 unspecified atom stereocenters. The minimum absolute atomic E-state index is 0.650. The number of piperazine rings is 1. The fraction of sp³-hybridized carbons (Fsp3) is 0.500. The van der Waals surface area contributed by atoms with E-state index in [1.165, 1.54) is 25.1 Å². The van der Waals surface area contributed by atoms with E-state index in [-0.39, 0.29) is 0 Å². The lowest BCUT2D eigenvalue weighted by molar-refractivity contribution is -0.963. The number of quaternary nitrogens is 2. The van der Waals surface area contributed by atoms with Gasteiger partial charge in [-0.1, -0.05) is 29.3 Å². The first-order valence-electron chi connectivity index (χ1n) is 5.84. The first kappa shape index (κ1) is 10.8. The summed E-state index contributed by atoms with van der Waals surface area (Å²) in [4.78, 5) is 1.71. The second-order valence-corrected chi connectivity index (χ2v) is 5.77. The van der Waals surface area contributed by atoms with E-state index in [1.807, 2.05) is 12.1 Å². The van der Waals surface area contributed by atoms with Gasteiger partial charge in [0.2, 0.25) is 0 Å². The van der Waals surface area contributed by atoms with Crippen LogP contribution >= 0.6 is 23.2 Å². The summed E-state index contributed by atoms with van der Waals surface area (Å²) in [5.74, 6) is 0. The molecule has 2 fully saturated rings. The third-order valence-electron chi connectivity index (χ3n) is 3.86. The van der Waals surface area contributed by atoms with Crippen LogP contribution in [0.5, 0.6) is 0 Å². The Morgan fingerprint density at radius 3 is 2.81 bits per heavy atom. The van der Waals surface area contributed by atoms with Gasteiger partial charge >= 0.3 is 0 Å². The number of rotatable bonds is 2. The number of nitrogens with one attached hydrogen (secondary N) is 1. The van der Waals surface area contributed by atoms with Gasteiger partial charge in [0.05, 0.1) is 16.5 Å². The van der Waals surface area contributed by atoms with E-state index in [2.05, 4.69) is 11.4 Å². The average Bonchev–Trinajstić information content (AvgIpc) is 2.85. The molecule has 2 saturated heterocycles. The van der Waals surface area contributed by atoms with Crippen molar-refractivity contribution in [3.8, 4) is 0 Å². The minimum atomic E-state index is 0.650. The second kappa shape index (κ2) is 4.19. The zero-order valence-corrected chi connectivity index (χ0v) is 10.6. The van der Waals surface area contributed by atoms with Crippen LogP contribution in [0.15, 0.2) is 18.2 Å². The fourth-order valence-corrected chi connectivity index (χ4v) is 3.37. The normalized spacial score (nSPS) is 32.2. The van der Waals surface area contributed by atoms with Gasteiger partial charge in [-0.05, 0) is 12.1 Å². The number of fused-ring (bicyclic) bond motifs is 2. The Balaban J connectivity index is 1.72. The van der Waals surface area contributed by atoms with Crippen molar-refractivity contribution in [3.63, 3.8) is 0 Å². The number of hydrogen-bond donors (Lipinski definition) is 2. The molecule has 86 valence electrons. The summed E-state index contributed by atoms with van der Waals surface area (Å²) in [7, 11) is 0. The fourth-order valence-electron chi connectivity index (χ4n) is 3.05.